The molecule has 7 heteroatoms. The molecule has 0 spiro atoms. The van der Waals surface area contributed by atoms with E-state index in [0.29, 0.717) is 48.9 Å². The number of fused-ring (bicyclic) bond motifs is 1. The number of thiophene rings is 1. The van der Waals surface area contributed by atoms with Crippen molar-refractivity contribution < 1.29 is 19.4 Å². The van der Waals surface area contributed by atoms with Gasteiger partial charge in [-0.3, -0.25) is 9.78 Å². The highest BCUT2D eigenvalue weighted by Gasteiger charge is 2.36. The van der Waals surface area contributed by atoms with Gasteiger partial charge in [0.15, 0.2) is 11.5 Å². The van der Waals surface area contributed by atoms with E-state index in [-0.39, 0.29) is 24.0 Å². The molecule has 0 unspecified atom stereocenters. The van der Waals surface area contributed by atoms with Crippen LogP contribution in [0.1, 0.15) is 28.2 Å². The molecule has 2 aliphatic rings. The number of amides is 1. The number of hydrogen-bond donors (Lipinski definition) is 2. The van der Waals surface area contributed by atoms with Crippen LogP contribution in [-0.4, -0.2) is 41.4 Å². The maximum absolute atomic E-state index is 12.8. The van der Waals surface area contributed by atoms with E-state index >= 15 is 0 Å². The van der Waals surface area contributed by atoms with Crippen molar-refractivity contribution in [2.24, 2.45) is 5.92 Å². The zero-order valence-electron chi connectivity index (χ0n) is 13.7. The topological polar surface area (TPSA) is 80.7 Å². The van der Waals surface area contributed by atoms with Gasteiger partial charge in [0.05, 0.1) is 6.10 Å². The fourth-order valence-electron chi connectivity index (χ4n) is 3.29. The van der Waals surface area contributed by atoms with Gasteiger partial charge in [-0.05, 0) is 30.9 Å². The Hall–Kier alpha value is -2.12. The largest absolute Gasteiger partial charge is 0.485 e. The van der Waals surface area contributed by atoms with E-state index in [1.165, 1.54) is 11.3 Å². The third-order valence-electron chi connectivity index (χ3n) is 4.70. The summed E-state index contributed by atoms with van der Waals surface area (Å²) in [7, 11) is 0. The second-order valence-electron chi connectivity index (χ2n) is 6.45. The summed E-state index contributed by atoms with van der Waals surface area (Å²) < 4.78 is 11.1. The Morgan fingerprint density at radius 1 is 1.36 bits per heavy atom. The van der Waals surface area contributed by atoms with Crippen LogP contribution < -0.4 is 14.8 Å². The van der Waals surface area contributed by atoms with Crippen molar-refractivity contribution in [3.05, 3.63) is 40.3 Å². The zero-order valence-corrected chi connectivity index (χ0v) is 14.5. The molecule has 0 saturated heterocycles. The molecule has 1 saturated carbocycles. The highest BCUT2D eigenvalue weighted by atomic mass is 32.1. The van der Waals surface area contributed by atoms with Crippen molar-refractivity contribution in [3.63, 3.8) is 0 Å². The quantitative estimate of drug-likeness (QED) is 0.853. The van der Waals surface area contributed by atoms with Gasteiger partial charge < -0.3 is 19.9 Å². The Kier molecular flexibility index (Phi) is 4.59. The van der Waals surface area contributed by atoms with E-state index in [9.17, 15) is 9.90 Å². The van der Waals surface area contributed by atoms with Gasteiger partial charge in [-0.2, -0.15) is 0 Å². The number of ether oxygens (including phenoxy) is 2. The third kappa shape index (κ3) is 3.48. The van der Waals surface area contributed by atoms with Crippen LogP contribution in [0.25, 0.3) is 0 Å². The van der Waals surface area contributed by atoms with Crippen molar-refractivity contribution in [2.75, 3.05) is 13.2 Å². The van der Waals surface area contributed by atoms with Crippen LogP contribution in [0.2, 0.25) is 0 Å². The zero-order chi connectivity index (χ0) is 17.2. The van der Waals surface area contributed by atoms with Gasteiger partial charge in [0.1, 0.15) is 18.1 Å². The number of rotatable bonds is 5. The number of hydrogen-bond acceptors (Lipinski definition) is 6. The Morgan fingerprint density at radius 3 is 2.96 bits per heavy atom. The van der Waals surface area contributed by atoms with E-state index in [1.54, 1.807) is 6.20 Å². The van der Waals surface area contributed by atoms with Gasteiger partial charge in [-0.15, -0.1) is 11.3 Å². The van der Waals surface area contributed by atoms with E-state index in [4.69, 9.17) is 9.47 Å². The first kappa shape index (κ1) is 16.4. The summed E-state index contributed by atoms with van der Waals surface area (Å²) in [6, 6.07) is 5.71. The summed E-state index contributed by atoms with van der Waals surface area (Å²) in [6.07, 6.45) is 3.55. The maximum Gasteiger partial charge on any atom is 0.265 e. The highest BCUT2D eigenvalue weighted by Crippen LogP contribution is 2.39. The Morgan fingerprint density at radius 2 is 2.20 bits per heavy atom. The lowest BCUT2D eigenvalue weighted by atomic mass is 9.76. The second kappa shape index (κ2) is 7.01. The standard InChI is InChI=1S/C18H20N2O4S/c21-13-7-11(8-13)14(9-12-3-1-2-4-19-12)20-18(22)17-16-15(10-25-17)23-5-6-24-16/h1-4,10-11,13-14,21H,5-9H2,(H,20,22)/t11?,13?,14-/m0/s1. The molecule has 2 N–H and O–H groups in total. The maximum atomic E-state index is 12.8. The molecular formula is C18H20N2O4S. The number of aliphatic hydroxyl groups is 1. The van der Waals surface area contributed by atoms with Crippen LogP contribution >= 0.6 is 11.3 Å². The number of carbonyl (C=O) groups excluding carboxylic acids is 1. The predicted molar refractivity (Wildman–Crippen MR) is 93.2 cm³/mol. The minimum Gasteiger partial charge on any atom is -0.485 e. The average molecular weight is 360 g/mol. The molecule has 1 aliphatic heterocycles. The second-order valence-corrected chi connectivity index (χ2v) is 7.33. The molecule has 1 fully saturated rings. The fourth-order valence-corrected chi connectivity index (χ4v) is 4.12. The first-order valence-corrected chi connectivity index (χ1v) is 9.34. The summed E-state index contributed by atoms with van der Waals surface area (Å²) in [5.41, 5.74) is 0.932. The summed E-state index contributed by atoms with van der Waals surface area (Å²) in [5, 5.41) is 14.6. The van der Waals surface area contributed by atoms with Crippen molar-refractivity contribution in [2.45, 2.75) is 31.4 Å². The molecule has 1 aliphatic carbocycles. The molecule has 0 bridgehead atoms. The number of pyridine rings is 1. The number of nitrogens with zero attached hydrogens (tertiary/aromatic N) is 1. The molecule has 25 heavy (non-hydrogen) atoms. The molecule has 2 aromatic heterocycles. The van der Waals surface area contributed by atoms with Gasteiger partial charge in [0.25, 0.3) is 5.91 Å². The lowest BCUT2D eigenvalue weighted by Crippen LogP contribution is -2.48. The van der Waals surface area contributed by atoms with Gasteiger partial charge >= 0.3 is 0 Å². The van der Waals surface area contributed by atoms with Crippen LogP contribution in [0.3, 0.4) is 0 Å². The number of nitrogens with one attached hydrogen (secondary N) is 1. The van der Waals surface area contributed by atoms with E-state index in [0.717, 1.165) is 5.69 Å². The molecule has 0 radical (unpaired) electrons. The average Bonchev–Trinajstić information content (AvgIpc) is 3.03. The third-order valence-corrected chi connectivity index (χ3v) is 5.64. The van der Waals surface area contributed by atoms with Crippen molar-refractivity contribution in [1.82, 2.24) is 10.3 Å². The molecule has 6 nitrogen and oxygen atoms in total. The van der Waals surface area contributed by atoms with Crippen LogP contribution in [0.4, 0.5) is 0 Å². The Labute approximate surface area is 149 Å². The van der Waals surface area contributed by atoms with E-state index < -0.39 is 0 Å². The Bertz CT molecular complexity index is 743. The minimum atomic E-state index is -0.264. The molecule has 4 rings (SSSR count). The summed E-state index contributed by atoms with van der Waals surface area (Å²) in [4.78, 5) is 17.7. The monoisotopic (exact) mass is 360 g/mol. The van der Waals surface area contributed by atoms with Gasteiger partial charge in [0, 0.05) is 29.7 Å². The summed E-state index contributed by atoms with van der Waals surface area (Å²) in [5.74, 6) is 1.29. The molecule has 0 aromatic carbocycles. The summed E-state index contributed by atoms with van der Waals surface area (Å²) >= 11 is 1.33. The number of aliphatic hydroxyl groups excluding tert-OH is 1. The first-order chi connectivity index (χ1) is 12.2. The Balaban J connectivity index is 1.50. The molecule has 1 amide bonds. The van der Waals surface area contributed by atoms with Gasteiger partial charge in [-0.1, -0.05) is 6.07 Å². The van der Waals surface area contributed by atoms with Crippen LogP contribution in [-0.2, 0) is 6.42 Å². The van der Waals surface area contributed by atoms with Crippen LogP contribution in [0.5, 0.6) is 11.5 Å². The predicted octanol–water partition coefficient (Wildman–Crippen LogP) is 2.03. The van der Waals surface area contributed by atoms with Crippen molar-refractivity contribution in [3.8, 4) is 11.5 Å². The van der Waals surface area contributed by atoms with E-state index in [1.807, 2.05) is 23.6 Å². The van der Waals surface area contributed by atoms with Crippen LogP contribution in [0, 0.1) is 5.92 Å². The SMILES string of the molecule is O=C(N[C@@H](Cc1ccccn1)C1CC(O)C1)c1scc2c1OCCO2. The normalized spacial score (nSPS) is 22.8. The highest BCUT2D eigenvalue weighted by molar-refractivity contribution is 7.12. The first-order valence-electron chi connectivity index (χ1n) is 8.46. The minimum absolute atomic E-state index is 0.0620. The lowest BCUT2D eigenvalue weighted by Gasteiger charge is -2.38. The summed E-state index contributed by atoms with van der Waals surface area (Å²) in [6.45, 7) is 0.962. The molecule has 3 heterocycles. The number of carbonyl (C=O) groups is 1. The molecular weight excluding hydrogens is 340 g/mol. The molecule has 132 valence electrons. The smallest absolute Gasteiger partial charge is 0.265 e. The number of aromatic nitrogens is 1. The van der Waals surface area contributed by atoms with Crippen molar-refractivity contribution in [1.29, 1.82) is 0 Å². The fraction of sp³-hybridized carbons (Fsp3) is 0.444. The molecule has 1 atom stereocenters. The lowest BCUT2D eigenvalue weighted by molar-refractivity contribution is 0.0237. The van der Waals surface area contributed by atoms with Gasteiger partial charge in [0.2, 0.25) is 0 Å². The van der Waals surface area contributed by atoms with Gasteiger partial charge in [-0.25, -0.2) is 0 Å². The molecule has 2 aromatic rings. The van der Waals surface area contributed by atoms with Crippen LogP contribution in [0.15, 0.2) is 29.8 Å². The van der Waals surface area contributed by atoms with Crippen molar-refractivity contribution >= 4 is 17.2 Å². The van der Waals surface area contributed by atoms with E-state index in [2.05, 4.69) is 10.3 Å².